The molecule has 0 rings (SSSR count). The molecule has 0 atom stereocenters. The molecule has 0 aromatic heterocycles. The zero-order valence-electron chi connectivity index (χ0n) is 6.39. The van der Waals surface area contributed by atoms with E-state index in [4.69, 9.17) is 5.11 Å². The number of aliphatic carboxylic acids is 1. The Morgan fingerprint density at radius 3 is 2.30 bits per heavy atom. The Morgan fingerprint density at radius 2 is 1.90 bits per heavy atom. The Labute approximate surface area is 76.9 Å². The molecule has 3 heteroatoms. The Balaban J connectivity index is 0. The van der Waals surface area contributed by atoms with Crippen LogP contribution in [-0.4, -0.2) is 11.1 Å². The quantitative estimate of drug-likeness (QED) is 0.516. The van der Waals surface area contributed by atoms with Crippen LogP contribution in [0, 0.1) is 0 Å². The van der Waals surface area contributed by atoms with Gasteiger partial charge in [-0.25, -0.2) is 0 Å². The number of carbonyl (C=O) groups is 1. The van der Waals surface area contributed by atoms with E-state index < -0.39 is 5.97 Å². The van der Waals surface area contributed by atoms with Gasteiger partial charge in [-0.15, -0.1) is 0 Å². The average molecular weight is 178 g/mol. The summed E-state index contributed by atoms with van der Waals surface area (Å²) in [5, 5.41) is 8.21. The van der Waals surface area contributed by atoms with E-state index in [0.717, 1.165) is 19.3 Å². The van der Waals surface area contributed by atoms with Crippen LogP contribution in [-0.2, 0) is 26.5 Å². The summed E-state index contributed by atoms with van der Waals surface area (Å²) in [5.41, 5.74) is 0. The molecule has 0 spiro atoms. The summed E-state index contributed by atoms with van der Waals surface area (Å²) in [6.07, 6.45) is 4.55. The summed E-state index contributed by atoms with van der Waals surface area (Å²) in [6.45, 7) is 2.11. The van der Waals surface area contributed by atoms with Gasteiger partial charge < -0.3 is 5.11 Å². The predicted molar refractivity (Wildman–Crippen MR) is 36.4 cm³/mol. The summed E-state index contributed by atoms with van der Waals surface area (Å²) in [6, 6.07) is 0. The van der Waals surface area contributed by atoms with Crippen LogP contribution in [0.2, 0.25) is 0 Å². The summed E-state index contributed by atoms with van der Waals surface area (Å²) >= 11 is 0. The molecule has 0 amide bonds. The van der Waals surface area contributed by atoms with Crippen molar-refractivity contribution in [2.45, 2.75) is 39.0 Å². The van der Waals surface area contributed by atoms with E-state index in [9.17, 15) is 4.79 Å². The van der Waals surface area contributed by atoms with Gasteiger partial charge in [-0.1, -0.05) is 26.2 Å². The van der Waals surface area contributed by atoms with Crippen molar-refractivity contribution in [3.05, 3.63) is 0 Å². The number of hydrogen-bond donors (Lipinski definition) is 1. The van der Waals surface area contributed by atoms with Crippen LogP contribution in [0.5, 0.6) is 0 Å². The van der Waals surface area contributed by atoms with E-state index >= 15 is 0 Å². The van der Waals surface area contributed by atoms with Gasteiger partial charge in [0, 0.05) is 28.1 Å². The van der Waals surface area contributed by atoms with Crippen LogP contribution >= 0.6 is 0 Å². The molecule has 10 heavy (non-hydrogen) atoms. The summed E-state index contributed by atoms with van der Waals surface area (Å²) in [4.78, 5) is 9.96. The van der Waals surface area contributed by atoms with Gasteiger partial charge in [0.15, 0.2) is 0 Å². The molecule has 0 aromatic carbocycles. The topological polar surface area (TPSA) is 37.3 Å². The maximum Gasteiger partial charge on any atom is 0.303 e. The molecule has 0 bridgehead atoms. The van der Waals surface area contributed by atoms with Gasteiger partial charge in [0.1, 0.15) is 0 Å². The normalized spacial score (nSPS) is 8.50. The van der Waals surface area contributed by atoms with E-state index in [2.05, 4.69) is 6.92 Å². The van der Waals surface area contributed by atoms with Crippen LogP contribution in [0.1, 0.15) is 39.0 Å². The van der Waals surface area contributed by atoms with Crippen LogP contribution in [0.15, 0.2) is 0 Å². The minimum absolute atomic E-state index is 0. The first kappa shape index (κ1) is 12.8. The van der Waals surface area contributed by atoms with Crippen LogP contribution in [0.3, 0.4) is 0 Å². The first-order chi connectivity index (χ1) is 4.27. The molecule has 0 saturated carbocycles. The van der Waals surface area contributed by atoms with E-state index in [0.29, 0.717) is 6.42 Å². The standard InChI is InChI=1S/C7H14O2.Ti/c1-2-3-4-5-6-7(8)9;/h2-6H2,1H3,(H,8,9);. The predicted octanol–water partition coefficient (Wildman–Crippen LogP) is 2.04. The van der Waals surface area contributed by atoms with Gasteiger partial charge in [0.25, 0.3) is 0 Å². The molecule has 0 aliphatic heterocycles. The molecular weight excluding hydrogens is 164 g/mol. The second-order valence-electron chi connectivity index (χ2n) is 2.20. The number of hydrogen-bond acceptors (Lipinski definition) is 1. The maximum absolute atomic E-state index is 9.96. The second-order valence-corrected chi connectivity index (χ2v) is 2.20. The zero-order chi connectivity index (χ0) is 7.11. The van der Waals surface area contributed by atoms with Crippen molar-refractivity contribution in [1.29, 1.82) is 0 Å². The third-order valence-corrected chi connectivity index (χ3v) is 1.24. The van der Waals surface area contributed by atoms with Crippen molar-refractivity contribution >= 4 is 5.97 Å². The van der Waals surface area contributed by atoms with Crippen molar-refractivity contribution in [3.63, 3.8) is 0 Å². The van der Waals surface area contributed by atoms with E-state index in [-0.39, 0.29) is 21.7 Å². The van der Waals surface area contributed by atoms with Gasteiger partial charge >= 0.3 is 5.97 Å². The summed E-state index contributed by atoms with van der Waals surface area (Å²) in [5.74, 6) is -0.675. The summed E-state index contributed by atoms with van der Waals surface area (Å²) < 4.78 is 0. The molecule has 1 N–H and O–H groups in total. The molecule has 58 valence electrons. The Morgan fingerprint density at radius 1 is 1.30 bits per heavy atom. The van der Waals surface area contributed by atoms with Gasteiger partial charge in [-0.05, 0) is 6.42 Å². The van der Waals surface area contributed by atoms with E-state index in [1.807, 2.05) is 0 Å². The molecule has 0 saturated heterocycles. The SMILES string of the molecule is CCCCCCC(=O)O.[Ti]. The molecule has 0 aliphatic carbocycles. The van der Waals surface area contributed by atoms with Crippen molar-refractivity contribution in [3.8, 4) is 0 Å². The molecule has 0 aromatic rings. The van der Waals surface area contributed by atoms with Crippen LogP contribution in [0.25, 0.3) is 0 Å². The van der Waals surface area contributed by atoms with E-state index in [1.165, 1.54) is 6.42 Å². The molecular formula is C7H14O2Ti. The zero-order valence-corrected chi connectivity index (χ0v) is 7.95. The third-order valence-electron chi connectivity index (χ3n) is 1.24. The molecule has 2 nitrogen and oxygen atoms in total. The fourth-order valence-corrected chi connectivity index (χ4v) is 0.703. The first-order valence-electron chi connectivity index (χ1n) is 3.49. The minimum Gasteiger partial charge on any atom is -0.481 e. The monoisotopic (exact) mass is 178 g/mol. The fourth-order valence-electron chi connectivity index (χ4n) is 0.703. The van der Waals surface area contributed by atoms with Crippen molar-refractivity contribution in [1.82, 2.24) is 0 Å². The number of carboxylic acid groups (broad SMARTS) is 1. The Hall–Kier alpha value is 0.184. The van der Waals surface area contributed by atoms with Gasteiger partial charge in [-0.3, -0.25) is 4.79 Å². The molecule has 0 radical (unpaired) electrons. The Kier molecular flexibility index (Phi) is 11.8. The van der Waals surface area contributed by atoms with Crippen molar-refractivity contribution in [2.24, 2.45) is 0 Å². The van der Waals surface area contributed by atoms with Gasteiger partial charge in [0.05, 0.1) is 0 Å². The molecule has 0 unspecified atom stereocenters. The Bertz CT molecular complexity index is 83.7. The van der Waals surface area contributed by atoms with Crippen LogP contribution < -0.4 is 0 Å². The first-order valence-corrected chi connectivity index (χ1v) is 3.49. The minimum atomic E-state index is -0.675. The largest absolute Gasteiger partial charge is 0.481 e. The van der Waals surface area contributed by atoms with Gasteiger partial charge in [-0.2, -0.15) is 0 Å². The van der Waals surface area contributed by atoms with Crippen molar-refractivity contribution < 1.29 is 31.6 Å². The van der Waals surface area contributed by atoms with Crippen LogP contribution in [0.4, 0.5) is 0 Å². The maximum atomic E-state index is 9.96. The van der Waals surface area contributed by atoms with Crippen molar-refractivity contribution in [2.75, 3.05) is 0 Å². The smallest absolute Gasteiger partial charge is 0.303 e. The summed E-state index contributed by atoms with van der Waals surface area (Å²) in [7, 11) is 0. The van der Waals surface area contributed by atoms with Gasteiger partial charge in [0.2, 0.25) is 0 Å². The number of rotatable bonds is 5. The number of carboxylic acids is 1. The number of unbranched alkanes of at least 4 members (excludes halogenated alkanes) is 3. The molecule has 0 aliphatic rings. The second kappa shape index (κ2) is 9.18. The fraction of sp³-hybridized carbons (Fsp3) is 0.857. The molecule has 0 fully saturated rings. The average Bonchev–Trinajstić information content (AvgIpc) is 1.80. The molecule has 0 heterocycles. The third kappa shape index (κ3) is 11.0. The van der Waals surface area contributed by atoms with E-state index in [1.54, 1.807) is 0 Å².